The molecule has 1 aromatic carbocycles. The van der Waals surface area contributed by atoms with Gasteiger partial charge in [0.15, 0.2) is 0 Å². The van der Waals surface area contributed by atoms with Crippen LogP contribution >= 0.6 is 11.6 Å². The molecule has 0 aliphatic heterocycles. The minimum absolute atomic E-state index is 0.186. The molecule has 1 aromatic rings. The van der Waals surface area contributed by atoms with Crippen LogP contribution in [-0.4, -0.2) is 5.88 Å². The normalized spacial score (nSPS) is 20.0. The van der Waals surface area contributed by atoms with Gasteiger partial charge in [-0.3, -0.25) is 0 Å². The van der Waals surface area contributed by atoms with Crippen molar-refractivity contribution in [2.45, 2.75) is 253 Å². The number of benzene rings is 1. The fourth-order valence-corrected chi connectivity index (χ4v) is 9.59. The lowest BCUT2D eigenvalue weighted by Crippen LogP contribution is -2.34. The first kappa shape index (κ1) is 59.5. The zero-order valence-corrected chi connectivity index (χ0v) is 43.2. The van der Waals surface area contributed by atoms with Crippen LogP contribution in [0.2, 0.25) is 0 Å². The zero-order valence-electron chi connectivity index (χ0n) is 42.4. The van der Waals surface area contributed by atoms with Crippen molar-refractivity contribution in [3.8, 4) is 11.8 Å². The molecule has 0 radical (unpaired) electrons. The van der Waals surface area contributed by atoms with E-state index in [1.165, 1.54) is 175 Å². The van der Waals surface area contributed by atoms with Crippen LogP contribution in [-0.2, 0) is 11.8 Å². The zero-order chi connectivity index (χ0) is 45.9. The monoisotopic (exact) mass is 869 g/mol. The molecule has 0 nitrogen and oxygen atoms in total. The number of hydrogen-bond donors (Lipinski definition) is 0. The predicted octanol–water partition coefficient (Wildman–Crippen LogP) is 20.8. The SMILES string of the molecule is C=CCCC(=CC#Cc1cccc2c1CCCCCCCCCCCCCCCC/C(=C\C)C(=C)CCC(/C=C\C)[C@@]2(C=C)CCCCCCCl)CCCCCCC.CC.CC. The largest absolute Gasteiger partial charge is 0.127 e. The first-order valence-corrected chi connectivity index (χ1v) is 27.1. The summed E-state index contributed by atoms with van der Waals surface area (Å²) in [7, 11) is 0. The smallest absolute Gasteiger partial charge is 0.0283 e. The molecule has 1 unspecified atom stereocenters. The molecule has 0 heterocycles. The minimum atomic E-state index is -0.186. The summed E-state index contributed by atoms with van der Waals surface area (Å²) in [6, 6.07) is 7.06. The van der Waals surface area contributed by atoms with E-state index in [2.05, 4.69) is 93.8 Å². The van der Waals surface area contributed by atoms with Gasteiger partial charge in [0.05, 0.1) is 0 Å². The van der Waals surface area contributed by atoms with E-state index in [0.29, 0.717) is 5.92 Å². The third kappa shape index (κ3) is 25.7. The van der Waals surface area contributed by atoms with Gasteiger partial charge in [0.1, 0.15) is 0 Å². The Morgan fingerprint density at radius 1 is 0.726 bits per heavy atom. The number of unbranched alkanes of at least 4 members (excludes halogenated alkanes) is 7. The highest BCUT2D eigenvalue weighted by atomic mass is 35.5. The van der Waals surface area contributed by atoms with Crippen LogP contribution in [0, 0.1) is 17.8 Å². The molecule has 2 atom stereocenters. The van der Waals surface area contributed by atoms with Gasteiger partial charge in [0.25, 0.3) is 0 Å². The molecule has 0 saturated heterocycles. The third-order valence-electron chi connectivity index (χ3n) is 13.0. The number of halogens is 1. The van der Waals surface area contributed by atoms with Crippen LogP contribution in [0.5, 0.6) is 0 Å². The Labute approximate surface area is 394 Å². The lowest BCUT2D eigenvalue weighted by atomic mass is 9.63. The molecule has 1 heteroatoms. The second-order valence-electron chi connectivity index (χ2n) is 17.5. The van der Waals surface area contributed by atoms with Gasteiger partial charge in [-0.25, -0.2) is 0 Å². The number of alkyl halides is 1. The quantitative estimate of drug-likeness (QED) is 0.0633. The van der Waals surface area contributed by atoms with Crippen molar-refractivity contribution in [2.75, 3.05) is 5.88 Å². The molecule has 0 fully saturated rings. The summed E-state index contributed by atoms with van der Waals surface area (Å²) in [4.78, 5) is 0. The summed E-state index contributed by atoms with van der Waals surface area (Å²) in [5.74, 6) is 8.46. The number of allylic oxidation sites excluding steroid dienone is 9. The number of rotatable bonds is 17. The highest BCUT2D eigenvalue weighted by Crippen LogP contribution is 2.45. The van der Waals surface area contributed by atoms with E-state index in [-0.39, 0.29) is 5.41 Å². The van der Waals surface area contributed by atoms with Crippen LogP contribution in [0.3, 0.4) is 0 Å². The lowest BCUT2D eigenvalue weighted by molar-refractivity contribution is 0.334. The summed E-state index contributed by atoms with van der Waals surface area (Å²) in [5, 5.41) is 0. The highest BCUT2D eigenvalue weighted by Gasteiger charge is 2.38. The van der Waals surface area contributed by atoms with Crippen molar-refractivity contribution in [1.29, 1.82) is 0 Å². The summed E-state index contributed by atoms with van der Waals surface area (Å²) < 4.78 is 0. The molecule has 0 bridgehead atoms. The van der Waals surface area contributed by atoms with Gasteiger partial charge in [-0.1, -0.05) is 229 Å². The standard InChI is InChI=1S/C57H89Cl.2C2H6/c1-7-12-14-25-30-39-51(38-13-8-2)40-35-42-53-43-36-45-56-55(53)44-32-27-24-22-20-18-16-15-17-19-21-23-26-31-41-52(10-4)50(6)46-47-54(37-9-3)57(56,11-5)48-33-28-29-34-49-58;2*1-2/h8-11,36-37,40,43,45,54H,2,5-7,12-34,38-39,41,44,46-49H2,1,3-4H3;2*1-2H3/b37-9-,51-40?,52-10+;;/t54?,57-;;/m1../s1. The van der Waals surface area contributed by atoms with Gasteiger partial charge in [-0.05, 0) is 126 Å². The van der Waals surface area contributed by atoms with Crippen molar-refractivity contribution >= 4 is 11.6 Å². The van der Waals surface area contributed by atoms with Crippen LogP contribution in [0.25, 0.3) is 0 Å². The topological polar surface area (TPSA) is 0 Å². The maximum atomic E-state index is 6.15. The maximum Gasteiger partial charge on any atom is 0.0283 e. The molecule has 352 valence electrons. The predicted molar refractivity (Wildman–Crippen MR) is 286 cm³/mol. The Balaban J connectivity index is 0.00000902. The molecule has 0 amide bonds. The summed E-state index contributed by atoms with van der Waals surface area (Å²) in [6.45, 7) is 28.2. The van der Waals surface area contributed by atoms with Crippen LogP contribution < -0.4 is 0 Å². The summed E-state index contributed by atoms with van der Waals surface area (Å²) in [6.07, 6.45) is 52.6. The first-order valence-electron chi connectivity index (χ1n) is 26.6. The molecular weight excluding hydrogens is 768 g/mol. The number of hydrogen-bond acceptors (Lipinski definition) is 0. The maximum absolute atomic E-state index is 6.15. The second kappa shape index (κ2) is 42.5. The molecule has 0 saturated carbocycles. The molecule has 1 aliphatic carbocycles. The van der Waals surface area contributed by atoms with Crippen molar-refractivity contribution in [2.24, 2.45) is 5.92 Å². The Morgan fingerprint density at radius 2 is 1.31 bits per heavy atom. The Hall–Kier alpha value is -2.49. The number of fused-ring (bicyclic) bond motifs is 1. The first-order chi connectivity index (χ1) is 30.5. The van der Waals surface area contributed by atoms with Gasteiger partial charge in [0.2, 0.25) is 0 Å². The van der Waals surface area contributed by atoms with E-state index in [1.54, 1.807) is 0 Å². The Kier molecular flexibility index (Phi) is 40.8. The van der Waals surface area contributed by atoms with Gasteiger partial charge in [-0.2, -0.15) is 0 Å². The molecule has 1 aliphatic rings. The van der Waals surface area contributed by atoms with Gasteiger partial charge < -0.3 is 0 Å². The minimum Gasteiger partial charge on any atom is -0.127 e. The summed E-state index contributed by atoms with van der Waals surface area (Å²) >= 11 is 6.15. The van der Waals surface area contributed by atoms with E-state index >= 15 is 0 Å². The molecule has 2 rings (SSSR count). The van der Waals surface area contributed by atoms with Crippen molar-refractivity contribution in [3.63, 3.8) is 0 Å². The van der Waals surface area contributed by atoms with Crippen LogP contribution in [0.1, 0.15) is 258 Å². The van der Waals surface area contributed by atoms with Crippen LogP contribution in [0.4, 0.5) is 0 Å². The summed E-state index contributed by atoms with van der Waals surface area (Å²) in [5.41, 5.74) is 8.24. The third-order valence-corrected chi connectivity index (χ3v) is 13.3. The molecule has 0 N–H and O–H groups in total. The molecule has 0 aromatic heterocycles. The fraction of sp³-hybridized carbons (Fsp3) is 0.672. The van der Waals surface area contributed by atoms with Gasteiger partial charge >= 0.3 is 0 Å². The average Bonchev–Trinajstić information content (AvgIpc) is 3.30. The van der Waals surface area contributed by atoms with Crippen molar-refractivity contribution in [3.05, 3.63) is 108 Å². The van der Waals surface area contributed by atoms with E-state index in [4.69, 9.17) is 24.8 Å². The van der Waals surface area contributed by atoms with Gasteiger partial charge in [-0.15, -0.1) is 24.8 Å². The van der Waals surface area contributed by atoms with E-state index in [9.17, 15) is 0 Å². The van der Waals surface area contributed by atoms with E-state index in [0.717, 1.165) is 63.7 Å². The molecule has 0 spiro atoms. The average molecular weight is 870 g/mol. The van der Waals surface area contributed by atoms with Crippen molar-refractivity contribution < 1.29 is 0 Å². The lowest BCUT2D eigenvalue weighted by Gasteiger charge is -2.40. The van der Waals surface area contributed by atoms with E-state index in [1.807, 2.05) is 27.7 Å². The highest BCUT2D eigenvalue weighted by molar-refractivity contribution is 6.17. The molecular formula is C61H101Cl. The Morgan fingerprint density at radius 3 is 1.87 bits per heavy atom. The van der Waals surface area contributed by atoms with Gasteiger partial charge in [0, 0.05) is 16.9 Å². The van der Waals surface area contributed by atoms with E-state index < -0.39 is 0 Å². The van der Waals surface area contributed by atoms with Crippen LogP contribution in [0.15, 0.2) is 91.1 Å². The Bertz CT molecular complexity index is 1410. The fourth-order valence-electron chi connectivity index (χ4n) is 9.40. The second-order valence-corrected chi connectivity index (χ2v) is 17.9. The van der Waals surface area contributed by atoms with Crippen molar-refractivity contribution in [1.82, 2.24) is 0 Å². The molecule has 62 heavy (non-hydrogen) atoms.